The molecule has 0 spiro atoms. The van der Waals surface area contributed by atoms with E-state index in [0.29, 0.717) is 0 Å². The van der Waals surface area contributed by atoms with Crippen molar-refractivity contribution in [3.63, 3.8) is 0 Å². The van der Waals surface area contributed by atoms with Crippen molar-refractivity contribution in [1.82, 2.24) is 0 Å². The summed E-state index contributed by atoms with van der Waals surface area (Å²) < 4.78 is 0. The summed E-state index contributed by atoms with van der Waals surface area (Å²) in [6, 6.07) is 0. The molecule has 0 atom stereocenters. The third-order valence-corrected chi connectivity index (χ3v) is 2.53. The molecule has 0 N–H and O–H groups in total. The van der Waals surface area contributed by atoms with Gasteiger partial charge in [-0.25, -0.2) is 0 Å². The molecule has 0 fully saturated rings. The van der Waals surface area contributed by atoms with Gasteiger partial charge < -0.3 is 0 Å². The van der Waals surface area contributed by atoms with Crippen molar-refractivity contribution >= 4 is 0 Å². The number of unbranched alkanes of at least 4 members (excludes halogenated alkanes) is 3. The van der Waals surface area contributed by atoms with E-state index < -0.39 is 0 Å². The lowest BCUT2D eigenvalue weighted by atomic mass is 10.0. The summed E-state index contributed by atoms with van der Waals surface area (Å²) in [5.74, 6) is 2.68. The minimum absolute atomic E-state index is 0.926. The molecule has 14 heavy (non-hydrogen) atoms. The second-order valence-electron chi connectivity index (χ2n) is 3.72. The van der Waals surface area contributed by atoms with E-state index in [1.54, 1.807) is 0 Å². The molecule has 1 rings (SSSR count). The zero-order valence-corrected chi connectivity index (χ0v) is 8.92. The second kappa shape index (κ2) is 6.27. The van der Waals surface area contributed by atoms with Crippen LogP contribution in [0.5, 0.6) is 0 Å². The fourth-order valence-electron chi connectivity index (χ4n) is 1.60. The number of hydrogen-bond acceptors (Lipinski definition) is 0. The maximum absolute atomic E-state index is 5.19. The van der Waals surface area contributed by atoms with Crippen molar-refractivity contribution < 1.29 is 0 Å². The van der Waals surface area contributed by atoms with Crippen molar-refractivity contribution in [2.45, 2.75) is 39.0 Å². The Morgan fingerprint density at radius 3 is 2.57 bits per heavy atom. The highest BCUT2D eigenvalue weighted by molar-refractivity contribution is 5.42. The van der Waals surface area contributed by atoms with E-state index in [0.717, 1.165) is 6.42 Å². The minimum Gasteiger partial charge on any atom is -0.120 e. The lowest BCUT2D eigenvalue weighted by Gasteiger charge is -2.02. The van der Waals surface area contributed by atoms with Crippen LogP contribution in [0.15, 0.2) is 35.5 Å². The Labute approximate surface area is 87.4 Å². The lowest BCUT2D eigenvalue weighted by molar-refractivity contribution is 0.688. The molecule has 0 aromatic rings. The van der Waals surface area contributed by atoms with Crippen molar-refractivity contribution in [3.8, 4) is 12.3 Å². The van der Waals surface area contributed by atoms with E-state index >= 15 is 0 Å². The minimum atomic E-state index is 0.926. The molecule has 0 aliphatic heterocycles. The van der Waals surface area contributed by atoms with Crippen molar-refractivity contribution in [2.75, 3.05) is 0 Å². The highest BCUT2D eigenvalue weighted by Crippen LogP contribution is 2.18. The molecule has 0 unspecified atom stereocenters. The van der Waals surface area contributed by atoms with E-state index in [4.69, 9.17) is 6.42 Å². The molecule has 0 saturated carbocycles. The maximum Gasteiger partial charge on any atom is 0.00860 e. The summed E-state index contributed by atoms with van der Waals surface area (Å²) in [6.07, 6.45) is 19.6. The third-order valence-electron chi connectivity index (χ3n) is 2.53. The molecular weight excluding hydrogens is 168 g/mol. The molecule has 0 amide bonds. The van der Waals surface area contributed by atoms with Gasteiger partial charge in [0.05, 0.1) is 0 Å². The number of hydrogen-bond donors (Lipinski definition) is 0. The van der Waals surface area contributed by atoms with Crippen LogP contribution in [0.25, 0.3) is 0 Å². The smallest absolute Gasteiger partial charge is 0.00860 e. The van der Waals surface area contributed by atoms with Crippen LogP contribution in [0.1, 0.15) is 39.0 Å². The van der Waals surface area contributed by atoms with Gasteiger partial charge >= 0.3 is 0 Å². The second-order valence-corrected chi connectivity index (χ2v) is 3.72. The maximum atomic E-state index is 5.19. The van der Waals surface area contributed by atoms with Crippen LogP contribution in [0.3, 0.4) is 0 Å². The fraction of sp³-hybridized carbons (Fsp3) is 0.429. The van der Waals surface area contributed by atoms with Crippen LogP contribution in [-0.2, 0) is 0 Å². The predicted molar refractivity (Wildman–Crippen MR) is 62.9 cm³/mol. The lowest BCUT2D eigenvalue weighted by Crippen LogP contribution is -1.83. The Balaban J connectivity index is 2.19. The predicted octanol–water partition coefficient (Wildman–Crippen LogP) is 4.01. The van der Waals surface area contributed by atoms with Crippen LogP contribution in [0, 0.1) is 12.3 Å². The van der Waals surface area contributed by atoms with Gasteiger partial charge in [0.1, 0.15) is 0 Å². The van der Waals surface area contributed by atoms with Gasteiger partial charge in [-0.1, -0.05) is 36.3 Å². The standard InChI is InChI=1S/C14H18/c1-3-4-5-6-7-10-13(2)14-11-8-9-12-14/h1,8-9,11-12H,4-7,10H2,2H3. The Hall–Kier alpha value is -1.22. The first kappa shape index (κ1) is 10.9. The molecule has 0 aromatic carbocycles. The van der Waals surface area contributed by atoms with E-state index in [1.807, 2.05) is 0 Å². The normalized spacial score (nSPS) is 13.3. The first-order chi connectivity index (χ1) is 6.84. The van der Waals surface area contributed by atoms with E-state index in [2.05, 4.69) is 37.1 Å². The molecule has 0 aromatic heterocycles. The monoisotopic (exact) mass is 186 g/mol. The quantitative estimate of drug-likeness (QED) is 0.449. The number of rotatable bonds is 5. The zero-order chi connectivity index (χ0) is 10.2. The molecule has 0 radical (unpaired) electrons. The topological polar surface area (TPSA) is 0 Å². The SMILES string of the molecule is C#CCCCCCC(C)=C1C=CC=C1. The first-order valence-corrected chi connectivity index (χ1v) is 5.32. The zero-order valence-electron chi connectivity index (χ0n) is 8.92. The number of terminal acetylenes is 1. The summed E-state index contributed by atoms with van der Waals surface area (Å²) >= 11 is 0. The fourth-order valence-corrected chi connectivity index (χ4v) is 1.60. The molecule has 0 nitrogen and oxygen atoms in total. The largest absolute Gasteiger partial charge is 0.120 e. The van der Waals surface area contributed by atoms with Crippen LogP contribution in [0.4, 0.5) is 0 Å². The average Bonchev–Trinajstić information content (AvgIpc) is 2.70. The summed E-state index contributed by atoms with van der Waals surface area (Å²) in [7, 11) is 0. The van der Waals surface area contributed by atoms with Crippen molar-refractivity contribution in [1.29, 1.82) is 0 Å². The summed E-state index contributed by atoms with van der Waals surface area (Å²) in [6.45, 7) is 2.22. The summed E-state index contributed by atoms with van der Waals surface area (Å²) in [5, 5.41) is 0. The number of allylic oxidation sites excluding steroid dienone is 6. The van der Waals surface area contributed by atoms with E-state index in [-0.39, 0.29) is 0 Å². The van der Waals surface area contributed by atoms with E-state index in [9.17, 15) is 0 Å². The van der Waals surface area contributed by atoms with Gasteiger partial charge in [-0.15, -0.1) is 12.3 Å². The molecular formula is C14H18. The van der Waals surface area contributed by atoms with Crippen LogP contribution < -0.4 is 0 Å². The highest BCUT2D eigenvalue weighted by atomic mass is 14.0. The van der Waals surface area contributed by atoms with Gasteiger partial charge in [-0.3, -0.25) is 0 Å². The van der Waals surface area contributed by atoms with Gasteiger partial charge in [0, 0.05) is 6.42 Å². The van der Waals surface area contributed by atoms with Gasteiger partial charge in [0.15, 0.2) is 0 Å². The Morgan fingerprint density at radius 2 is 1.93 bits per heavy atom. The first-order valence-electron chi connectivity index (χ1n) is 5.32. The summed E-state index contributed by atoms with van der Waals surface area (Å²) in [4.78, 5) is 0. The van der Waals surface area contributed by atoms with Crippen molar-refractivity contribution in [2.24, 2.45) is 0 Å². The van der Waals surface area contributed by atoms with Crippen molar-refractivity contribution in [3.05, 3.63) is 35.5 Å². The Kier molecular flexibility index (Phi) is 4.86. The Bertz CT molecular complexity index is 280. The molecule has 1 aliphatic rings. The van der Waals surface area contributed by atoms with Gasteiger partial charge in [0.25, 0.3) is 0 Å². The van der Waals surface area contributed by atoms with Crippen LogP contribution in [0.2, 0.25) is 0 Å². The molecule has 0 heteroatoms. The molecule has 0 bridgehead atoms. The average molecular weight is 186 g/mol. The highest BCUT2D eigenvalue weighted by Gasteiger charge is 1.98. The van der Waals surface area contributed by atoms with Gasteiger partial charge in [-0.2, -0.15) is 0 Å². The summed E-state index contributed by atoms with van der Waals surface area (Å²) in [5.41, 5.74) is 2.89. The third kappa shape index (κ3) is 3.66. The molecule has 74 valence electrons. The van der Waals surface area contributed by atoms with Gasteiger partial charge in [0.2, 0.25) is 0 Å². The molecule has 0 saturated heterocycles. The van der Waals surface area contributed by atoms with Crippen LogP contribution in [-0.4, -0.2) is 0 Å². The molecule has 1 aliphatic carbocycles. The van der Waals surface area contributed by atoms with E-state index in [1.165, 1.54) is 36.8 Å². The Morgan fingerprint density at radius 1 is 1.21 bits per heavy atom. The van der Waals surface area contributed by atoms with Gasteiger partial charge in [-0.05, 0) is 31.8 Å². The van der Waals surface area contributed by atoms with Crippen LogP contribution >= 0.6 is 0 Å². The molecule has 0 heterocycles.